The first kappa shape index (κ1) is 15.7. The first-order valence-corrected chi connectivity index (χ1v) is 8.17. The molecule has 1 atom stereocenters. The van der Waals surface area contributed by atoms with E-state index in [-0.39, 0.29) is 5.91 Å². The maximum absolute atomic E-state index is 12.4. The monoisotopic (exact) mass is 313 g/mol. The summed E-state index contributed by atoms with van der Waals surface area (Å²) in [6.07, 6.45) is 4.99. The fourth-order valence-electron chi connectivity index (χ4n) is 3.05. The van der Waals surface area contributed by atoms with Crippen LogP contribution in [-0.2, 0) is 11.2 Å². The van der Waals surface area contributed by atoms with Crippen molar-refractivity contribution in [3.8, 4) is 5.69 Å². The number of aromatic nitrogens is 3. The molecule has 2 aromatic rings. The number of benzene rings is 1. The maximum atomic E-state index is 12.4. The molecule has 0 radical (unpaired) electrons. The second kappa shape index (κ2) is 7.37. The molecular formula is C17H23N5O. The van der Waals surface area contributed by atoms with Crippen molar-refractivity contribution in [1.82, 2.24) is 25.0 Å². The van der Waals surface area contributed by atoms with Crippen molar-refractivity contribution >= 4 is 5.91 Å². The van der Waals surface area contributed by atoms with Gasteiger partial charge in [-0.15, -0.1) is 10.2 Å². The molecule has 122 valence electrons. The van der Waals surface area contributed by atoms with E-state index in [1.54, 1.807) is 6.33 Å². The molecule has 1 aliphatic rings. The van der Waals surface area contributed by atoms with Gasteiger partial charge in [-0.25, -0.2) is 0 Å². The molecule has 1 unspecified atom stereocenters. The molecule has 0 aliphatic carbocycles. The number of likely N-dealkylation sites (N-methyl/N-ethyl adjacent to an activating group) is 1. The Balaban J connectivity index is 1.61. The maximum Gasteiger partial charge on any atom is 0.223 e. The van der Waals surface area contributed by atoms with Gasteiger partial charge in [0.05, 0.1) is 0 Å². The third kappa shape index (κ3) is 3.76. The van der Waals surface area contributed by atoms with Gasteiger partial charge < -0.3 is 10.2 Å². The van der Waals surface area contributed by atoms with Crippen LogP contribution in [0.5, 0.6) is 0 Å². The lowest BCUT2D eigenvalue weighted by molar-refractivity contribution is -0.132. The number of likely N-dealkylation sites (tertiary alicyclic amines) is 1. The number of para-hydroxylation sites is 1. The molecule has 1 aromatic heterocycles. The number of hydrogen-bond acceptors (Lipinski definition) is 4. The number of rotatable bonds is 5. The van der Waals surface area contributed by atoms with Crippen LogP contribution in [0.4, 0.5) is 0 Å². The molecule has 1 fully saturated rings. The second-order valence-corrected chi connectivity index (χ2v) is 5.92. The van der Waals surface area contributed by atoms with Crippen molar-refractivity contribution in [2.24, 2.45) is 0 Å². The normalized spacial score (nSPS) is 18.1. The minimum atomic E-state index is 0.201. The van der Waals surface area contributed by atoms with E-state index in [9.17, 15) is 4.79 Å². The molecule has 3 rings (SSSR count). The van der Waals surface area contributed by atoms with E-state index in [0.717, 1.165) is 37.4 Å². The molecule has 0 bridgehead atoms. The third-order valence-electron chi connectivity index (χ3n) is 4.40. The first-order valence-electron chi connectivity index (χ1n) is 8.17. The Labute approximate surface area is 136 Å². The largest absolute Gasteiger partial charge is 0.341 e. The van der Waals surface area contributed by atoms with Crippen LogP contribution in [0, 0.1) is 0 Å². The van der Waals surface area contributed by atoms with Gasteiger partial charge in [-0.2, -0.15) is 0 Å². The average molecular weight is 313 g/mol. The molecule has 23 heavy (non-hydrogen) atoms. The predicted molar refractivity (Wildman–Crippen MR) is 88.3 cm³/mol. The lowest BCUT2D eigenvalue weighted by atomic mass is 10.1. The predicted octanol–water partition coefficient (Wildman–Crippen LogP) is 1.41. The number of piperidine rings is 1. The van der Waals surface area contributed by atoms with Crippen LogP contribution in [0.15, 0.2) is 36.7 Å². The summed E-state index contributed by atoms with van der Waals surface area (Å²) < 4.78 is 1.94. The summed E-state index contributed by atoms with van der Waals surface area (Å²) in [4.78, 5) is 14.4. The van der Waals surface area contributed by atoms with Crippen molar-refractivity contribution < 1.29 is 4.79 Å². The van der Waals surface area contributed by atoms with E-state index < -0.39 is 0 Å². The quantitative estimate of drug-likeness (QED) is 0.906. The molecule has 1 N–H and O–H groups in total. The highest BCUT2D eigenvalue weighted by Crippen LogP contribution is 2.14. The van der Waals surface area contributed by atoms with E-state index in [2.05, 4.69) is 15.5 Å². The van der Waals surface area contributed by atoms with Crippen molar-refractivity contribution in [3.63, 3.8) is 0 Å². The number of carbonyl (C=O) groups is 1. The Bertz CT molecular complexity index is 639. The molecule has 6 heteroatoms. The van der Waals surface area contributed by atoms with Crippen LogP contribution in [-0.4, -0.2) is 51.8 Å². The lowest BCUT2D eigenvalue weighted by Crippen LogP contribution is -2.47. The fourth-order valence-corrected chi connectivity index (χ4v) is 3.05. The Morgan fingerprint density at radius 2 is 2.17 bits per heavy atom. The molecule has 1 saturated heterocycles. The molecule has 0 saturated carbocycles. The van der Waals surface area contributed by atoms with Crippen LogP contribution >= 0.6 is 0 Å². The number of aryl methyl sites for hydroxylation is 1. The molecular weight excluding hydrogens is 290 g/mol. The van der Waals surface area contributed by atoms with Crippen molar-refractivity contribution in [2.75, 3.05) is 20.1 Å². The molecule has 1 amide bonds. The topological polar surface area (TPSA) is 63.1 Å². The average Bonchev–Trinajstić information content (AvgIpc) is 3.09. The SMILES string of the molecule is CNC1CCCN(C(=O)CCc2nncn2-c2ccccc2)C1. The number of nitrogens with zero attached hydrogens (tertiary/aromatic N) is 4. The summed E-state index contributed by atoms with van der Waals surface area (Å²) >= 11 is 0. The highest BCUT2D eigenvalue weighted by Gasteiger charge is 2.22. The zero-order valence-corrected chi connectivity index (χ0v) is 13.5. The standard InChI is InChI=1S/C17H23N5O/c1-18-14-6-5-11-21(12-14)17(23)10-9-16-20-19-13-22(16)15-7-3-2-4-8-15/h2-4,7-8,13-14,18H,5-6,9-12H2,1H3. The lowest BCUT2D eigenvalue weighted by Gasteiger charge is -2.32. The van der Waals surface area contributed by atoms with E-state index in [0.29, 0.717) is 18.9 Å². The smallest absolute Gasteiger partial charge is 0.223 e. The summed E-state index contributed by atoms with van der Waals surface area (Å²) in [5.41, 5.74) is 1.02. The number of nitrogens with one attached hydrogen (secondary N) is 1. The number of amides is 1. The van der Waals surface area contributed by atoms with Crippen molar-refractivity contribution in [2.45, 2.75) is 31.7 Å². The van der Waals surface area contributed by atoms with Crippen molar-refractivity contribution in [3.05, 3.63) is 42.5 Å². The highest BCUT2D eigenvalue weighted by molar-refractivity contribution is 5.76. The van der Waals surface area contributed by atoms with Gasteiger partial charge in [0, 0.05) is 37.7 Å². The Hall–Kier alpha value is -2.21. The van der Waals surface area contributed by atoms with Crippen molar-refractivity contribution in [1.29, 1.82) is 0 Å². The molecule has 6 nitrogen and oxygen atoms in total. The molecule has 2 heterocycles. The van der Waals surface area contributed by atoms with Gasteiger partial charge in [0.1, 0.15) is 12.2 Å². The van der Waals surface area contributed by atoms with Crippen LogP contribution in [0.3, 0.4) is 0 Å². The third-order valence-corrected chi connectivity index (χ3v) is 4.40. The molecule has 1 aromatic carbocycles. The van der Waals surface area contributed by atoms with Gasteiger partial charge in [-0.1, -0.05) is 18.2 Å². The van der Waals surface area contributed by atoms with Gasteiger partial charge in [0.25, 0.3) is 0 Å². The van der Waals surface area contributed by atoms with E-state index in [1.165, 1.54) is 0 Å². The molecule has 0 spiro atoms. The van der Waals surface area contributed by atoms with E-state index >= 15 is 0 Å². The number of carbonyl (C=O) groups excluding carboxylic acids is 1. The second-order valence-electron chi connectivity index (χ2n) is 5.92. The first-order chi connectivity index (χ1) is 11.3. The summed E-state index contributed by atoms with van der Waals surface area (Å²) in [7, 11) is 1.96. The minimum Gasteiger partial charge on any atom is -0.341 e. The van der Waals surface area contributed by atoms with Crippen LogP contribution in [0.25, 0.3) is 5.69 Å². The van der Waals surface area contributed by atoms with Gasteiger partial charge in [0.2, 0.25) is 5.91 Å². The Morgan fingerprint density at radius 3 is 2.96 bits per heavy atom. The summed E-state index contributed by atoms with van der Waals surface area (Å²) in [5, 5.41) is 11.4. The van der Waals surface area contributed by atoms with Crippen LogP contribution < -0.4 is 5.32 Å². The Kier molecular flexibility index (Phi) is 5.02. The van der Waals surface area contributed by atoms with Gasteiger partial charge >= 0.3 is 0 Å². The van der Waals surface area contributed by atoms with Crippen LogP contribution in [0.2, 0.25) is 0 Å². The molecule has 1 aliphatic heterocycles. The summed E-state index contributed by atoms with van der Waals surface area (Å²) in [6.45, 7) is 1.67. The number of hydrogen-bond donors (Lipinski definition) is 1. The summed E-state index contributed by atoms with van der Waals surface area (Å²) in [5.74, 6) is 1.03. The Morgan fingerprint density at radius 1 is 1.35 bits per heavy atom. The van der Waals surface area contributed by atoms with E-state index in [1.807, 2.05) is 46.8 Å². The zero-order valence-electron chi connectivity index (χ0n) is 13.5. The van der Waals surface area contributed by atoms with E-state index in [4.69, 9.17) is 0 Å². The van der Waals surface area contributed by atoms with Crippen LogP contribution in [0.1, 0.15) is 25.1 Å². The summed E-state index contributed by atoms with van der Waals surface area (Å²) in [6, 6.07) is 10.4. The fraction of sp³-hybridized carbons (Fsp3) is 0.471. The van der Waals surface area contributed by atoms with Gasteiger partial charge in [-0.3, -0.25) is 9.36 Å². The highest BCUT2D eigenvalue weighted by atomic mass is 16.2. The van der Waals surface area contributed by atoms with Gasteiger partial charge in [-0.05, 0) is 32.0 Å². The minimum absolute atomic E-state index is 0.201. The zero-order chi connectivity index (χ0) is 16.1. The van der Waals surface area contributed by atoms with Gasteiger partial charge in [0.15, 0.2) is 0 Å².